The van der Waals surface area contributed by atoms with Crippen molar-refractivity contribution < 1.29 is 0 Å². The van der Waals surface area contributed by atoms with Crippen molar-refractivity contribution in [3.05, 3.63) is 59.1 Å². The lowest BCUT2D eigenvalue weighted by Crippen LogP contribution is -2.01. The summed E-state index contributed by atoms with van der Waals surface area (Å²) in [6.07, 6.45) is 3.66. The Bertz CT molecular complexity index is 462. The van der Waals surface area contributed by atoms with Gasteiger partial charge >= 0.3 is 0 Å². The van der Waals surface area contributed by atoms with Crippen LogP contribution in [0, 0.1) is 4.77 Å². The van der Waals surface area contributed by atoms with Crippen molar-refractivity contribution in [1.29, 1.82) is 0 Å². The molecule has 14 heavy (non-hydrogen) atoms. The quantitative estimate of drug-likeness (QED) is 0.697. The summed E-state index contributed by atoms with van der Waals surface area (Å²) in [6.45, 7) is 0.785. The van der Waals surface area contributed by atoms with E-state index in [2.05, 4.69) is 17.1 Å². The zero-order chi connectivity index (χ0) is 9.80. The van der Waals surface area contributed by atoms with E-state index in [1.807, 2.05) is 35.0 Å². The molecule has 1 aromatic heterocycles. The molecule has 3 heteroatoms. The Kier molecular flexibility index (Phi) is 2.70. The molecule has 2 rings (SSSR count). The van der Waals surface area contributed by atoms with E-state index < -0.39 is 0 Å². The summed E-state index contributed by atoms with van der Waals surface area (Å²) >= 11 is 5.10. The van der Waals surface area contributed by atoms with Gasteiger partial charge in [0.2, 0.25) is 0 Å². The van der Waals surface area contributed by atoms with Crippen molar-refractivity contribution in [1.82, 2.24) is 9.55 Å². The summed E-state index contributed by atoms with van der Waals surface area (Å²) in [5, 5.41) is 0. The van der Waals surface area contributed by atoms with Gasteiger partial charge in [-0.25, -0.2) is 4.98 Å². The number of hydrogen-bond donors (Lipinski definition) is 0. The average molecular weight is 202 g/mol. The predicted molar refractivity (Wildman–Crippen MR) is 58.6 cm³/mol. The lowest BCUT2D eigenvalue weighted by molar-refractivity contribution is 0.751. The molecule has 70 valence electrons. The Morgan fingerprint density at radius 1 is 1.14 bits per heavy atom. The molecule has 0 spiro atoms. The van der Waals surface area contributed by atoms with E-state index in [0.717, 1.165) is 6.54 Å². The van der Waals surface area contributed by atoms with Crippen LogP contribution >= 0.6 is 12.2 Å². The van der Waals surface area contributed by atoms with Crippen LogP contribution in [0.5, 0.6) is 0 Å². The molecule has 0 aliphatic rings. The maximum absolute atomic E-state index is 5.10. The molecule has 0 aliphatic carbocycles. The third-order valence-corrected chi connectivity index (χ3v) is 2.32. The highest BCUT2D eigenvalue weighted by Gasteiger charge is 1.93. The van der Waals surface area contributed by atoms with Gasteiger partial charge in [-0.15, -0.1) is 0 Å². The van der Waals surface area contributed by atoms with Gasteiger partial charge in [0.1, 0.15) is 0 Å². The van der Waals surface area contributed by atoms with E-state index in [1.54, 1.807) is 6.20 Å². The molecule has 0 N–H and O–H groups in total. The molecule has 0 saturated heterocycles. The van der Waals surface area contributed by atoms with Gasteiger partial charge < -0.3 is 4.57 Å². The number of hydrogen-bond acceptors (Lipinski definition) is 2. The summed E-state index contributed by atoms with van der Waals surface area (Å²) in [4.78, 5) is 4.05. The fourth-order valence-electron chi connectivity index (χ4n) is 1.29. The van der Waals surface area contributed by atoms with E-state index in [4.69, 9.17) is 12.2 Å². The van der Waals surface area contributed by atoms with E-state index >= 15 is 0 Å². The van der Waals surface area contributed by atoms with Crippen molar-refractivity contribution in [3.63, 3.8) is 0 Å². The minimum Gasteiger partial charge on any atom is -0.319 e. The first-order valence-electron chi connectivity index (χ1n) is 4.41. The van der Waals surface area contributed by atoms with Crippen LogP contribution in [0.2, 0.25) is 0 Å². The largest absolute Gasteiger partial charge is 0.319 e. The Hall–Kier alpha value is -1.48. The number of aromatic nitrogens is 2. The smallest absolute Gasteiger partial charge is 0.199 e. The minimum atomic E-state index is 0.622. The van der Waals surface area contributed by atoms with Crippen LogP contribution in [0.1, 0.15) is 5.56 Å². The van der Waals surface area contributed by atoms with Gasteiger partial charge in [-0.1, -0.05) is 30.3 Å². The van der Waals surface area contributed by atoms with Crippen LogP contribution in [0.25, 0.3) is 0 Å². The zero-order valence-electron chi connectivity index (χ0n) is 7.63. The molecule has 0 bridgehead atoms. The van der Waals surface area contributed by atoms with E-state index in [-0.39, 0.29) is 0 Å². The summed E-state index contributed by atoms with van der Waals surface area (Å²) in [5.41, 5.74) is 1.23. The lowest BCUT2D eigenvalue weighted by Gasteiger charge is -2.04. The van der Waals surface area contributed by atoms with Crippen molar-refractivity contribution in [3.8, 4) is 0 Å². The molecular weight excluding hydrogens is 192 g/mol. The van der Waals surface area contributed by atoms with Crippen molar-refractivity contribution >= 4 is 12.2 Å². The van der Waals surface area contributed by atoms with Gasteiger partial charge in [0, 0.05) is 18.9 Å². The number of benzene rings is 1. The molecule has 0 atom stereocenters. The van der Waals surface area contributed by atoms with Crippen LogP contribution in [0.15, 0.2) is 48.8 Å². The number of rotatable bonds is 2. The molecule has 1 aromatic carbocycles. The summed E-state index contributed by atoms with van der Waals surface area (Å²) in [5.74, 6) is 0. The van der Waals surface area contributed by atoms with Crippen LogP contribution < -0.4 is 0 Å². The highest BCUT2D eigenvalue weighted by molar-refractivity contribution is 7.71. The SMILES string of the molecule is S=c1ncccn1Cc1ccccc1. The first kappa shape index (κ1) is 9.09. The molecule has 2 nitrogen and oxygen atoms in total. The lowest BCUT2D eigenvalue weighted by atomic mass is 10.2. The average Bonchev–Trinajstić information content (AvgIpc) is 2.23. The van der Waals surface area contributed by atoms with Gasteiger partial charge in [0.25, 0.3) is 0 Å². The van der Waals surface area contributed by atoms with Crippen LogP contribution in [0.4, 0.5) is 0 Å². The van der Waals surface area contributed by atoms with Crippen LogP contribution in [-0.2, 0) is 6.54 Å². The molecule has 0 fully saturated rings. The fourth-order valence-corrected chi connectivity index (χ4v) is 1.47. The van der Waals surface area contributed by atoms with Crippen molar-refractivity contribution in [2.24, 2.45) is 0 Å². The molecule has 2 aromatic rings. The summed E-state index contributed by atoms with van der Waals surface area (Å²) in [6, 6.07) is 12.1. The standard InChI is InChI=1S/C11H10N2S/c14-11-12-7-4-8-13(11)9-10-5-2-1-3-6-10/h1-8H,9H2. The predicted octanol–water partition coefficient (Wildman–Crippen LogP) is 2.66. The summed E-state index contributed by atoms with van der Waals surface area (Å²) in [7, 11) is 0. The Morgan fingerprint density at radius 3 is 2.64 bits per heavy atom. The molecule has 0 unspecified atom stereocenters. The van der Waals surface area contributed by atoms with E-state index in [9.17, 15) is 0 Å². The molecule has 0 saturated carbocycles. The van der Waals surface area contributed by atoms with Gasteiger partial charge in [0.05, 0.1) is 0 Å². The Balaban J connectivity index is 2.28. The maximum Gasteiger partial charge on any atom is 0.199 e. The van der Waals surface area contributed by atoms with Crippen molar-refractivity contribution in [2.75, 3.05) is 0 Å². The molecular formula is C11H10N2S. The normalized spacial score (nSPS) is 10.0. The van der Waals surface area contributed by atoms with Crippen molar-refractivity contribution in [2.45, 2.75) is 6.54 Å². The van der Waals surface area contributed by atoms with E-state index in [0.29, 0.717) is 4.77 Å². The topological polar surface area (TPSA) is 17.8 Å². The van der Waals surface area contributed by atoms with Gasteiger partial charge in [0.15, 0.2) is 4.77 Å². The first-order chi connectivity index (χ1) is 6.86. The second kappa shape index (κ2) is 4.15. The second-order valence-corrected chi connectivity index (χ2v) is 3.38. The minimum absolute atomic E-state index is 0.622. The maximum atomic E-state index is 5.10. The monoisotopic (exact) mass is 202 g/mol. The zero-order valence-corrected chi connectivity index (χ0v) is 8.45. The van der Waals surface area contributed by atoms with E-state index in [1.165, 1.54) is 5.56 Å². The third-order valence-electron chi connectivity index (χ3n) is 1.98. The van der Waals surface area contributed by atoms with Crippen LogP contribution in [0.3, 0.4) is 0 Å². The molecule has 0 aliphatic heterocycles. The third kappa shape index (κ3) is 2.06. The van der Waals surface area contributed by atoms with Gasteiger partial charge in [-0.2, -0.15) is 0 Å². The molecule has 0 radical (unpaired) electrons. The Labute approximate surface area is 87.9 Å². The summed E-state index contributed by atoms with van der Waals surface area (Å²) < 4.78 is 2.57. The molecule has 1 heterocycles. The highest BCUT2D eigenvalue weighted by Crippen LogP contribution is 2.01. The first-order valence-corrected chi connectivity index (χ1v) is 4.82. The van der Waals surface area contributed by atoms with Gasteiger partial charge in [-0.05, 0) is 23.8 Å². The second-order valence-electron chi connectivity index (χ2n) is 3.02. The molecule has 0 amide bonds. The number of nitrogens with zero attached hydrogens (tertiary/aromatic N) is 2. The highest BCUT2D eigenvalue weighted by atomic mass is 32.1. The fraction of sp³-hybridized carbons (Fsp3) is 0.0909. The van der Waals surface area contributed by atoms with Crippen LogP contribution in [-0.4, -0.2) is 9.55 Å². The Morgan fingerprint density at radius 2 is 1.93 bits per heavy atom. The van der Waals surface area contributed by atoms with Gasteiger partial charge in [-0.3, -0.25) is 0 Å².